The molecule has 2 aromatic carbocycles. The molecule has 0 unspecified atom stereocenters. The summed E-state index contributed by atoms with van der Waals surface area (Å²) < 4.78 is 77.8. The quantitative estimate of drug-likeness (QED) is 0.601. The van der Waals surface area contributed by atoms with Crippen LogP contribution in [0.5, 0.6) is 0 Å². The smallest absolute Gasteiger partial charge is 0.320 e. The number of hydrogen-bond donors (Lipinski definition) is 2. The van der Waals surface area contributed by atoms with Gasteiger partial charge >= 0.3 is 6.18 Å². The third kappa shape index (κ3) is 4.31. The van der Waals surface area contributed by atoms with Crippen LogP contribution in [0.2, 0.25) is 0 Å². The largest absolute Gasteiger partial charge is 0.435 e. The molecular formula is C17H13F4N5O3S. The molecule has 1 aromatic heterocycles. The number of aryl methyl sites for hydroxylation is 1. The zero-order valence-corrected chi connectivity index (χ0v) is 15.9. The molecule has 3 N–H and O–H groups in total. The molecule has 0 saturated heterocycles. The maximum absolute atomic E-state index is 13.6. The lowest BCUT2D eigenvalue weighted by Crippen LogP contribution is -2.21. The maximum atomic E-state index is 13.6. The lowest BCUT2D eigenvalue weighted by molar-refractivity contribution is -0.143. The van der Waals surface area contributed by atoms with Gasteiger partial charge in [0.25, 0.3) is 5.91 Å². The first-order valence-corrected chi connectivity index (χ1v) is 9.66. The first kappa shape index (κ1) is 21.4. The summed E-state index contributed by atoms with van der Waals surface area (Å²) in [7, 11) is -4.12. The minimum absolute atomic E-state index is 0.122. The van der Waals surface area contributed by atoms with Crippen LogP contribution in [0.1, 0.15) is 21.7 Å². The van der Waals surface area contributed by atoms with Gasteiger partial charge in [0.05, 0.1) is 10.6 Å². The molecule has 1 amide bonds. The van der Waals surface area contributed by atoms with Crippen molar-refractivity contribution in [2.75, 3.05) is 5.32 Å². The normalized spacial score (nSPS) is 12.1. The number of amides is 1. The first-order chi connectivity index (χ1) is 13.9. The van der Waals surface area contributed by atoms with E-state index in [1.807, 2.05) is 0 Å². The van der Waals surface area contributed by atoms with Gasteiger partial charge in [-0.15, -0.1) is 5.10 Å². The summed E-state index contributed by atoms with van der Waals surface area (Å²) in [6, 6.07) is 7.77. The predicted octanol–water partition coefficient (Wildman–Crippen LogP) is 2.63. The van der Waals surface area contributed by atoms with E-state index in [0.717, 1.165) is 24.3 Å². The summed E-state index contributed by atoms with van der Waals surface area (Å²) in [5.41, 5.74) is -2.74. The van der Waals surface area contributed by atoms with Crippen LogP contribution in [-0.4, -0.2) is 29.3 Å². The Morgan fingerprint density at radius 2 is 1.87 bits per heavy atom. The van der Waals surface area contributed by atoms with Gasteiger partial charge in [-0.05, 0) is 42.8 Å². The Balaban J connectivity index is 2.04. The number of rotatable bonds is 4. The topological polar surface area (TPSA) is 120 Å². The number of nitrogens with one attached hydrogen (secondary N) is 1. The van der Waals surface area contributed by atoms with Gasteiger partial charge in [-0.2, -0.15) is 13.2 Å². The van der Waals surface area contributed by atoms with Gasteiger partial charge < -0.3 is 5.32 Å². The highest BCUT2D eigenvalue weighted by molar-refractivity contribution is 7.89. The number of anilines is 1. The minimum Gasteiger partial charge on any atom is -0.320 e. The van der Waals surface area contributed by atoms with E-state index in [9.17, 15) is 30.8 Å². The molecule has 0 fully saturated rings. The van der Waals surface area contributed by atoms with Gasteiger partial charge in [0, 0.05) is 5.69 Å². The molecule has 0 aliphatic carbocycles. The molecule has 8 nitrogen and oxygen atoms in total. The predicted molar refractivity (Wildman–Crippen MR) is 96.8 cm³/mol. The number of benzene rings is 2. The Kier molecular flexibility index (Phi) is 5.34. The second-order valence-corrected chi connectivity index (χ2v) is 7.69. The van der Waals surface area contributed by atoms with Crippen molar-refractivity contribution in [1.82, 2.24) is 15.0 Å². The molecular weight excluding hydrogens is 430 g/mol. The standard InChI is InChI=1S/C17H13F4N5O3S/c1-9-5-6-11(8-13(9)30(22,28)29)23-16(27)14-15(17(19,20)21)26(25-24-14)12-4-2-3-10(18)7-12/h2-8H,1H3,(H,23,27)(H2,22,28,29). The second-order valence-electron chi connectivity index (χ2n) is 6.16. The third-order valence-corrected chi connectivity index (χ3v) is 5.01. The van der Waals surface area contributed by atoms with Gasteiger partial charge in [0.1, 0.15) is 5.82 Å². The Bertz CT molecular complexity index is 1240. The van der Waals surface area contributed by atoms with Crippen molar-refractivity contribution in [2.45, 2.75) is 18.0 Å². The van der Waals surface area contributed by atoms with Crippen molar-refractivity contribution < 1.29 is 30.8 Å². The van der Waals surface area contributed by atoms with Crippen molar-refractivity contribution in [2.24, 2.45) is 5.14 Å². The van der Waals surface area contributed by atoms with Crippen LogP contribution in [-0.2, 0) is 16.2 Å². The van der Waals surface area contributed by atoms with E-state index in [1.54, 1.807) is 0 Å². The molecule has 13 heteroatoms. The number of hydrogen-bond acceptors (Lipinski definition) is 5. The number of carbonyl (C=O) groups is 1. The summed E-state index contributed by atoms with van der Waals surface area (Å²) in [5, 5.41) is 13.8. The van der Waals surface area contributed by atoms with Crippen LogP contribution in [0.15, 0.2) is 47.4 Å². The van der Waals surface area contributed by atoms with E-state index in [1.165, 1.54) is 25.1 Å². The van der Waals surface area contributed by atoms with Gasteiger partial charge in [-0.3, -0.25) is 4.79 Å². The molecule has 0 aliphatic heterocycles. The second kappa shape index (κ2) is 7.50. The Morgan fingerprint density at radius 1 is 1.17 bits per heavy atom. The van der Waals surface area contributed by atoms with Gasteiger partial charge in [0.15, 0.2) is 11.4 Å². The van der Waals surface area contributed by atoms with E-state index in [4.69, 9.17) is 5.14 Å². The van der Waals surface area contributed by atoms with Crippen LogP contribution in [0.25, 0.3) is 5.69 Å². The van der Waals surface area contributed by atoms with Gasteiger partial charge in [-0.25, -0.2) is 22.6 Å². The number of halogens is 4. The lowest BCUT2D eigenvalue weighted by Gasteiger charge is -2.12. The number of nitrogens with two attached hydrogens (primary N) is 1. The molecule has 0 aliphatic rings. The van der Waals surface area contributed by atoms with E-state index in [0.29, 0.717) is 4.68 Å². The Morgan fingerprint density at radius 3 is 2.47 bits per heavy atom. The molecule has 0 spiro atoms. The molecule has 3 rings (SSSR count). The van der Waals surface area contributed by atoms with E-state index >= 15 is 0 Å². The Hall–Kier alpha value is -3.32. The number of alkyl halides is 3. The molecule has 0 atom stereocenters. The zero-order chi connectivity index (χ0) is 22.3. The molecule has 0 radical (unpaired) electrons. The summed E-state index contributed by atoms with van der Waals surface area (Å²) >= 11 is 0. The highest BCUT2D eigenvalue weighted by atomic mass is 32.2. The minimum atomic E-state index is -5.05. The zero-order valence-electron chi connectivity index (χ0n) is 15.1. The fraction of sp³-hybridized carbons (Fsp3) is 0.118. The van der Waals surface area contributed by atoms with Crippen LogP contribution >= 0.6 is 0 Å². The van der Waals surface area contributed by atoms with Gasteiger partial charge in [-0.1, -0.05) is 17.3 Å². The third-order valence-electron chi connectivity index (χ3n) is 3.96. The number of carbonyl (C=O) groups excluding carboxylic acids is 1. The molecule has 158 valence electrons. The van der Waals surface area contributed by atoms with Crippen LogP contribution in [0.3, 0.4) is 0 Å². The number of primary sulfonamides is 1. The highest BCUT2D eigenvalue weighted by Gasteiger charge is 2.42. The summed E-state index contributed by atoms with van der Waals surface area (Å²) in [4.78, 5) is 12.2. The highest BCUT2D eigenvalue weighted by Crippen LogP contribution is 2.33. The van der Waals surface area contributed by atoms with Crippen LogP contribution in [0.4, 0.5) is 23.2 Å². The fourth-order valence-electron chi connectivity index (χ4n) is 2.65. The summed E-state index contributed by atoms with van der Waals surface area (Å²) in [6.45, 7) is 1.46. The van der Waals surface area contributed by atoms with Crippen molar-refractivity contribution in [3.63, 3.8) is 0 Å². The molecule has 1 heterocycles. The van der Waals surface area contributed by atoms with Crippen LogP contribution < -0.4 is 10.5 Å². The monoisotopic (exact) mass is 443 g/mol. The molecule has 0 saturated carbocycles. The van der Waals surface area contributed by atoms with Crippen molar-refractivity contribution in [3.05, 3.63) is 65.2 Å². The van der Waals surface area contributed by atoms with E-state index in [-0.39, 0.29) is 21.8 Å². The van der Waals surface area contributed by atoms with Crippen molar-refractivity contribution in [3.8, 4) is 5.69 Å². The number of sulfonamides is 1. The SMILES string of the molecule is Cc1ccc(NC(=O)c2nnn(-c3cccc(F)c3)c2C(F)(F)F)cc1S(N)(=O)=O. The first-order valence-electron chi connectivity index (χ1n) is 8.11. The summed E-state index contributed by atoms with van der Waals surface area (Å²) in [6.07, 6.45) is -5.05. The average molecular weight is 443 g/mol. The average Bonchev–Trinajstić information content (AvgIpc) is 3.08. The van der Waals surface area contributed by atoms with E-state index in [2.05, 4.69) is 15.6 Å². The van der Waals surface area contributed by atoms with Crippen molar-refractivity contribution >= 4 is 21.6 Å². The fourth-order valence-corrected chi connectivity index (χ4v) is 3.46. The van der Waals surface area contributed by atoms with Crippen LogP contribution in [0, 0.1) is 12.7 Å². The molecule has 30 heavy (non-hydrogen) atoms. The molecule has 0 bridgehead atoms. The Labute approximate surface area is 167 Å². The van der Waals surface area contributed by atoms with Crippen molar-refractivity contribution in [1.29, 1.82) is 0 Å². The van der Waals surface area contributed by atoms with Gasteiger partial charge in [0.2, 0.25) is 10.0 Å². The molecule has 3 aromatic rings. The lowest BCUT2D eigenvalue weighted by atomic mass is 10.2. The number of nitrogens with zero attached hydrogens (tertiary/aromatic N) is 3. The maximum Gasteiger partial charge on any atom is 0.435 e. The summed E-state index contributed by atoms with van der Waals surface area (Å²) in [5.74, 6) is -2.11. The number of aromatic nitrogens is 3. The van der Waals surface area contributed by atoms with E-state index < -0.39 is 39.3 Å².